The van der Waals surface area contributed by atoms with Crippen molar-refractivity contribution in [1.82, 2.24) is 5.32 Å². The summed E-state index contributed by atoms with van der Waals surface area (Å²) in [7, 11) is 0. The fourth-order valence-electron chi connectivity index (χ4n) is 2.67. The Kier molecular flexibility index (Phi) is 2.61. The van der Waals surface area contributed by atoms with E-state index in [9.17, 15) is 0 Å². The van der Waals surface area contributed by atoms with E-state index in [1.807, 2.05) is 0 Å². The summed E-state index contributed by atoms with van der Waals surface area (Å²) in [5.41, 5.74) is 0.185. The molecule has 1 unspecified atom stereocenters. The van der Waals surface area contributed by atoms with Gasteiger partial charge in [-0.25, -0.2) is 0 Å². The summed E-state index contributed by atoms with van der Waals surface area (Å²) < 4.78 is 6.00. The number of morpholine rings is 1. The highest BCUT2D eigenvalue weighted by Crippen LogP contribution is 2.38. The smallest absolute Gasteiger partial charge is 0.0832 e. The minimum Gasteiger partial charge on any atom is -0.372 e. The average molecular weight is 183 g/mol. The molecule has 1 heterocycles. The first-order valence-corrected chi connectivity index (χ1v) is 5.60. The molecule has 2 heteroatoms. The van der Waals surface area contributed by atoms with Gasteiger partial charge in [0.1, 0.15) is 0 Å². The largest absolute Gasteiger partial charge is 0.372 e. The van der Waals surface area contributed by atoms with Crippen LogP contribution in [-0.2, 0) is 4.74 Å². The highest BCUT2D eigenvalue weighted by Gasteiger charge is 2.41. The standard InChI is InChI=1S/C11H21NO/c1-9-3-5-11(6-4-9)10(2)12-7-8-13-11/h9-10,12H,3-8H2,1-2H3. The van der Waals surface area contributed by atoms with E-state index < -0.39 is 0 Å². The second kappa shape index (κ2) is 3.58. The summed E-state index contributed by atoms with van der Waals surface area (Å²) in [5.74, 6) is 0.906. The molecule has 2 aliphatic rings. The van der Waals surface area contributed by atoms with E-state index in [1.165, 1.54) is 25.7 Å². The van der Waals surface area contributed by atoms with E-state index in [1.54, 1.807) is 0 Å². The molecule has 76 valence electrons. The van der Waals surface area contributed by atoms with Gasteiger partial charge in [-0.1, -0.05) is 6.92 Å². The fraction of sp³-hybridized carbons (Fsp3) is 1.00. The van der Waals surface area contributed by atoms with Gasteiger partial charge >= 0.3 is 0 Å². The van der Waals surface area contributed by atoms with Crippen LogP contribution in [0.5, 0.6) is 0 Å². The molecule has 1 N–H and O–H groups in total. The summed E-state index contributed by atoms with van der Waals surface area (Å²) in [6.45, 7) is 6.56. The summed E-state index contributed by atoms with van der Waals surface area (Å²) in [6.07, 6.45) is 5.18. The zero-order valence-corrected chi connectivity index (χ0v) is 8.81. The Hall–Kier alpha value is -0.0800. The van der Waals surface area contributed by atoms with Crippen molar-refractivity contribution >= 4 is 0 Å². The third-order valence-corrected chi connectivity index (χ3v) is 3.85. The van der Waals surface area contributed by atoms with Crippen LogP contribution < -0.4 is 5.32 Å². The molecule has 1 atom stereocenters. The first kappa shape index (κ1) is 9.47. The van der Waals surface area contributed by atoms with E-state index in [0.717, 1.165) is 19.1 Å². The van der Waals surface area contributed by atoms with Crippen molar-refractivity contribution in [3.8, 4) is 0 Å². The van der Waals surface area contributed by atoms with Crippen molar-refractivity contribution in [3.05, 3.63) is 0 Å². The van der Waals surface area contributed by atoms with Gasteiger partial charge in [0.2, 0.25) is 0 Å². The first-order valence-electron chi connectivity index (χ1n) is 5.60. The van der Waals surface area contributed by atoms with Gasteiger partial charge in [-0.3, -0.25) is 0 Å². The molecular formula is C11H21NO. The Morgan fingerprint density at radius 3 is 2.54 bits per heavy atom. The SMILES string of the molecule is CC1CCC2(CC1)OCCNC2C. The maximum Gasteiger partial charge on any atom is 0.0832 e. The summed E-state index contributed by atoms with van der Waals surface area (Å²) in [6, 6.07) is 0.550. The molecule has 0 amide bonds. The second-order valence-corrected chi connectivity index (χ2v) is 4.77. The summed E-state index contributed by atoms with van der Waals surface area (Å²) in [5, 5.41) is 3.53. The predicted molar refractivity (Wildman–Crippen MR) is 53.8 cm³/mol. The summed E-state index contributed by atoms with van der Waals surface area (Å²) in [4.78, 5) is 0. The van der Waals surface area contributed by atoms with Crippen molar-refractivity contribution in [2.75, 3.05) is 13.2 Å². The highest BCUT2D eigenvalue weighted by molar-refractivity contribution is 4.96. The van der Waals surface area contributed by atoms with E-state index in [2.05, 4.69) is 19.2 Å². The maximum absolute atomic E-state index is 6.00. The van der Waals surface area contributed by atoms with Crippen molar-refractivity contribution in [2.24, 2.45) is 5.92 Å². The Labute approximate surface area is 81.0 Å². The molecule has 0 aromatic rings. The molecule has 1 aliphatic carbocycles. The van der Waals surface area contributed by atoms with E-state index in [4.69, 9.17) is 4.74 Å². The third-order valence-electron chi connectivity index (χ3n) is 3.85. The first-order chi connectivity index (χ1) is 6.23. The number of hydrogen-bond acceptors (Lipinski definition) is 2. The Balaban J connectivity index is 2.01. The van der Waals surface area contributed by atoms with E-state index >= 15 is 0 Å². The molecule has 0 aromatic heterocycles. The normalized spacial score (nSPS) is 46.6. The van der Waals surface area contributed by atoms with Crippen LogP contribution in [0.15, 0.2) is 0 Å². The fourth-order valence-corrected chi connectivity index (χ4v) is 2.67. The molecular weight excluding hydrogens is 162 g/mol. The van der Waals surface area contributed by atoms with Crippen LogP contribution in [0.1, 0.15) is 39.5 Å². The lowest BCUT2D eigenvalue weighted by molar-refractivity contribution is -0.118. The van der Waals surface area contributed by atoms with Gasteiger partial charge in [0, 0.05) is 12.6 Å². The Morgan fingerprint density at radius 1 is 1.23 bits per heavy atom. The topological polar surface area (TPSA) is 21.3 Å². The molecule has 2 fully saturated rings. The number of rotatable bonds is 0. The Morgan fingerprint density at radius 2 is 1.92 bits per heavy atom. The third kappa shape index (κ3) is 1.75. The summed E-state index contributed by atoms with van der Waals surface area (Å²) >= 11 is 0. The van der Waals surface area contributed by atoms with Gasteiger partial charge in [0.05, 0.1) is 12.2 Å². The average Bonchev–Trinajstić information content (AvgIpc) is 2.15. The number of nitrogens with one attached hydrogen (secondary N) is 1. The van der Waals surface area contributed by atoms with Crippen molar-refractivity contribution in [1.29, 1.82) is 0 Å². The second-order valence-electron chi connectivity index (χ2n) is 4.77. The van der Waals surface area contributed by atoms with Crippen LogP contribution in [0.4, 0.5) is 0 Å². The van der Waals surface area contributed by atoms with Gasteiger partial charge in [-0.15, -0.1) is 0 Å². The van der Waals surface area contributed by atoms with E-state index in [-0.39, 0.29) is 5.60 Å². The van der Waals surface area contributed by atoms with Crippen molar-refractivity contribution < 1.29 is 4.74 Å². The molecule has 1 spiro atoms. The van der Waals surface area contributed by atoms with Gasteiger partial charge in [0.15, 0.2) is 0 Å². The number of ether oxygens (including phenoxy) is 1. The zero-order chi connectivity index (χ0) is 9.31. The minimum absolute atomic E-state index is 0.185. The quantitative estimate of drug-likeness (QED) is 0.619. The van der Waals surface area contributed by atoms with Gasteiger partial charge in [0.25, 0.3) is 0 Å². The predicted octanol–water partition coefficient (Wildman–Crippen LogP) is 1.94. The maximum atomic E-state index is 6.00. The van der Waals surface area contributed by atoms with Gasteiger partial charge in [-0.2, -0.15) is 0 Å². The molecule has 1 saturated heterocycles. The molecule has 1 saturated carbocycles. The van der Waals surface area contributed by atoms with Gasteiger partial charge in [-0.05, 0) is 38.5 Å². The monoisotopic (exact) mass is 183 g/mol. The van der Waals surface area contributed by atoms with E-state index in [0.29, 0.717) is 6.04 Å². The molecule has 2 rings (SSSR count). The van der Waals surface area contributed by atoms with Crippen LogP contribution in [0.3, 0.4) is 0 Å². The van der Waals surface area contributed by atoms with Crippen molar-refractivity contribution in [2.45, 2.75) is 51.2 Å². The molecule has 0 bridgehead atoms. The minimum atomic E-state index is 0.185. The van der Waals surface area contributed by atoms with Gasteiger partial charge < -0.3 is 10.1 Å². The molecule has 1 aliphatic heterocycles. The molecule has 0 radical (unpaired) electrons. The van der Waals surface area contributed by atoms with Crippen LogP contribution in [0, 0.1) is 5.92 Å². The van der Waals surface area contributed by atoms with Crippen LogP contribution >= 0.6 is 0 Å². The lowest BCUT2D eigenvalue weighted by atomic mass is 9.75. The van der Waals surface area contributed by atoms with Crippen LogP contribution in [0.2, 0.25) is 0 Å². The Bertz CT molecular complexity index is 173. The number of hydrogen-bond donors (Lipinski definition) is 1. The molecule has 0 aromatic carbocycles. The highest BCUT2D eigenvalue weighted by atomic mass is 16.5. The lowest BCUT2D eigenvalue weighted by Crippen LogP contribution is -2.57. The van der Waals surface area contributed by atoms with Crippen LogP contribution in [-0.4, -0.2) is 24.8 Å². The van der Waals surface area contributed by atoms with Crippen LogP contribution in [0.25, 0.3) is 0 Å². The zero-order valence-electron chi connectivity index (χ0n) is 8.81. The van der Waals surface area contributed by atoms with Crippen molar-refractivity contribution in [3.63, 3.8) is 0 Å². The lowest BCUT2D eigenvalue weighted by Gasteiger charge is -2.46. The molecule has 2 nitrogen and oxygen atoms in total. The molecule has 13 heavy (non-hydrogen) atoms.